The Bertz CT molecular complexity index is 490. The van der Waals surface area contributed by atoms with Crippen LogP contribution < -0.4 is 10.1 Å². The first-order chi connectivity index (χ1) is 9.33. The van der Waals surface area contributed by atoms with Gasteiger partial charge in [0.1, 0.15) is 0 Å². The second kappa shape index (κ2) is 6.83. The number of ether oxygens (including phenoxy) is 1. The quantitative estimate of drug-likeness (QED) is 0.829. The molecule has 0 spiro atoms. The molecule has 0 saturated heterocycles. The van der Waals surface area contributed by atoms with E-state index in [0.717, 1.165) is 25.2 Å². The summed E-state index contributed by atoms with van der Waals surface area (Å²) in [5.41, 5.74) is 2.29. The normalized spacial score (nSPS) is 10.4. The van der Waals surface area contributed by atoms with Gasteiger partial charge in [-0.2, -0.15) is 0 Å². The summed E-state index contributed by atoms with van der Waals surface area (Å²) in [5, 5.41) is 3.38. The van der Waals surface area contributed by atoms with Crippen LogP contribution >= 0.6 is 0 Å². The van der Waals surface area contributed by atoms with Gasteiger partial charge < -0.3 is 14.6 Å². The maximum Gasteiger partial charge on any atom is 0.213 e. The average molecular weight is 259 g/mol. The predicted molar refractivity (Wildman–Crippen MR) is 77.5 cm³/mol. The van der Waals surface area contributed by atoms with Crippen molar-refractivity contribution >= 4 is 5.69 Å². The summed E-state index contributed by atoms with van der Waals surface area (Å²) >= 11 is 0. The summed E-state index contributed by atoms with van der Waals surface area (Å²) < 4.78 is 7.59. The molecule has 2 aromatic rings. The summed E-state index contributed by atoms with van der Waals surface area (Å²) in [4.78, 5) is 4.24. The molecule has 0 atom stereocenters. The zero-order valence-corrected chi connectivity index (χ0v) is 11.6. The van der Waals surface area contributed by atoms with E-state index in [4.69, 9.17) is 4.74 Å². The van der Waals surface area contributed by atoms with E-state index >= 15 is 0 Å². The Kier molecular flexibility index (Phi) is 4.84. The number of nitrogens with one attached hydrogen (secondary N) is 1. The Hall–Kier alpha value is -1.97. The average Bonchev–Trinajstić information content (AvgIpc) is 2.86. The van der Waals surface area contributed by atoms with Crippen LogP contribution in [0.5, 0.6) is 5.88 Å². The van der Waals surface area contributed by atoms with Gasteiger partial charge in [-0.15, -0.1) is 0 Å². The van der Waals surface area contributed by atoms with Crippen molar-refractivity contribution in [3.63, 3.8) is 0 Å². The lowest BCUT2D eigenvalue weighted by atomic mass is 10.3. The standard InChI is InChI=1S/C15H21N3O/c1-3-9-18-10-5-6-14(18)12-16-13-7-8-15(17-11-13)19-4-2/h5-8,10-11,16H,3-4,9,12H2,1-2H3. The SMILES string of the molecule is CCCn1cccc1CNc1ccc(OCC)nc1. The predicted octanol–water partition coefficient (Wildman–Crippen LogP) is 3.30. The van der Waals surface area contributed by atoms with E-state index in [2.05, 4.69) is 40.1 Å². The number of pyridine rings is 1. The molecule has 0 unspecified atom stereocenters. The molecule has 2 heterocycles. The van der Waals surface area contributed by atoms with E-state index in [0.29, 0.717) is 12.5 Å². The van der Waals surface area contributed by atoms with Gasteiger partial charge in [0, 0.05) is 24.5 Å². The van der Waals surface area contributed by atoms with Crippen LogP contribution in [0.15, 0.2) is 36.7 Å². The zero-order valence-electron chi connectivity index (χ0n) is 11.6. The van der Waals surface area contributed by atoms with Gasteiger partial charge in [0.05, 0.1) is 25.0 Å². The second-order valence-electron chi connectivity index (χ2n) is 4.36. The molecule has 102 valence electrons. The third-order valence-electron chi connectivity index (χ3n) is 2.89. The van der Waals surface area contributed by atoms with Gasteiger partial charge in [0.25, 0.3) is 0 Å². The van der Waals surface area contributed by atoms with Crippen molar-refractivity contribution in [1.82, 2.24) is 9.55 Å². The van der Waals surface area contributed by atoms with E-state index in [1.165, 1.54) is 5.69 Å². The van der Waals surface area contributed by atoms with E-state index in [-0.39, 0.29) is 0 Å². The molecule has 0 amide bonds. The molecule has 4 heteroatoms. The largest absolute Gasteiger partial charge is 0.478 e. The van der Waals surface area contributed by atoms with Gasteiger partial charge in [-0.05, 0) is 31.5 Å². The fraction of sp³-hybridized carbons (Fsp3) is 0.400. The Morgan fingerprint density at radius 1 is 1.26 bits per heavy atom. The number of aromatic nitrogens is 2. The molecule has 0 aliphatic rings. The van der Waals surface area contributed by atoms with E-state index in [1.54, 1.807) is 6.20 Å². The highest BCUT2D eigenvalue weighted by Gasteiger charge is 2.01. The highest BCUT2D eigenvalue weighted by Crippen LogP contribution is 2.13. The molecule has 0 fully saturated rings. The molecule has 0 aromatic carbocycles. The fourth-order valence-electron chi connectivity index (χ4n) is 1.98. The van der Waals surface area contributed by atoms with Gasteiger partial charge >= 0.3 is 0 Å². The maximum atomic E-state index is 5.32. The van der Waals surface area contributed by atoms with E-state index in [9.17, 15) is 0 Å². The van der Waals surface area contributed by atoms with Crippen LogP contribution in [0.2, 0.25) is 0 Å². The first-order valence-corrected chi connectivity index (χ1v) is 6.80. The third kappa shape index (κ3) is 3.74. The molecular formula is C15H21N3O. The summed E-state index contributed by atoms with van der Waals surface area (Å²) in [5.74, 6) is 0.669. The highest BCUT2D eigenvalue weighted by molar-refractivity contribution is 5.42. The fourth-order valence-corrected chi connectivity index (χ4v) is 1.98. The van der Waals surface area contributed by atoms with E-state index in [1.807, 2.05) is 19.1 Å². The minimum atomic E-state index is 0.643. The van der Waals surface area contributed by atoms with Gasteiger partial charge in [0.2, 0.25) is 5.88 Å². The lowest BCUT2D eigenvalue weighted by Crippen LogP contribution is -2.07. The number of hydrogen-bond acceptors (Lipinski definition) is 3. The lowest BCUT2D eigenvalue weighted by Gasteiger charge is -2.10. The Morgan fingerprint density at radius 2 is 2.16 bits per heavy atom. The summed E-state index contributed by atoms with van der Waals surface area (Å²) in [6, 6.07) is 8.11. The Labute approximate surface area is 114 Å². The minimum absolute atomic E-state index is 0.643. The number of aryl methyl sites for hydroxylation is 1. The summed E-state index contributed by atoms with van der Waals surface area (Å²) in [6.07, 6.45) is 5.07. The van der Waals surface area contributed by atoms with Crippen LogP contribution in [0.1, 0.15) is 26.0 Å². The lowest BCUT2D eigenvalue weighted by molar-refractivity contribution is 0.327. The molecule has 0 aliphatic carbocycles. The van der Waals surface area contributed by atoms with Crippen LogP contribution in [0.25, 0.3) is 0 Å². The molecule has 2 rings (SSSR count). The third-order valence-corrected chi connectivity index (χ3v) is 2.89. The van der Waals surface area contributed by atoms with Crippen LogP contribution in [0.4, 0.5) is 5.69 Å². The monoisotopic (exact) mass is 259 g/mol. The minimum Gasteiger partial charge on any atom is -0.478 e. The Morgan fingerprint density at radius 3 is 2.84 bits per heavy atom. The van der Waals surface area contributed by atoms with Gasteiger partial charge in [-0.3, -0.25) is 0 Å². The number of nitrogens with zero attached hydrogens (tertiary/aromatic N) is 2. The maximum absolute atomic E-state index is 5.32. The number of anilines is 1. The van der Waals surface area contributed by atoms with Crippen molar-refractivity contribution in [2.75, 3.05) is 11.9 Å². The zero-order chi connectivity index (χ0) is 13.5. The molecule has 0 bridgehead atoms. The highest BCUT2D eigenvalue weighted by atomic mass is 16.5. The van der Waals surface area contributed by atoms with Crippen molar-refractivity contribution in [1.29, 1.82) is 0 Å². The van der Waals surface area contributed by atoms with Gasteiger partial charge in [-0.1, -0.05) is 6.92 Å². The van der Waals surface area contributed by atoms with E-state index < -0.39 is 0 Å². The first kappa shape index (κ1) is 13.5. The molecule has 19 heavy (non-hydrogen) atoms. The van der Waals surface area contributed by atoms with Crippen LogP contribution in [0.3, 0.4) is 0 Å². The summed E-state index contributed by atoms with van der Waals surface area (Å²) in [7, 11) is 0. The number of rotatable bonds is 7. The summed E-state index contributed by atoms with van der Waals surface area (Å²) in [6.45, 7) is 6.65. The first-order valence-electron chi connectivity index (χ1n) is 6.80. The van der Waals surface area contributed by atoms with Crippen LogP contribution in [-0.2, 0) is 13.1 Å². The molecule has 1 N–H and O–H groups in total. The van der Waals surface area contributed by atoms with Gasteiger partial charge in [0.15, 0.2) is 0 Å². The van der Waals surface area contributed by atoms with Crippen LogP contribution in [0, 0.1) is 0 Å². The smallest absolute Gasteiger partial charge is 0.213 e. The molecule has 0 aliphatic heterocycles. The van der Waals surface area contributed by atoms with Crippen LogP contribution in [-0.4, -0.2) is 16.2 Å². The van der Waals surface area contributed by atoms with Crippen molar-refractivity contribution < 1.29 is 4.74 Å². The van der Waals surface area contributed by atoms with Crippen molar-refractivity contribution in [2.24, 2.45) is 0 Å². The van der Waals surface area contributed by atoms with Crippen molar-refractivity contribution in [3.8, 4) is 5.88 Å². The van der Waals surface area contributed by atoms with Crippen molar-refractivity contribution in [2.45, 2.75) is 33.4 Å². The molecular weight excluding hydrogens is 238 g/mol. The topological polar surface area (TPSA) is 39.1 Å². The molecule has 2 aromatic heterocycles. The van der Waals surface area contributed by atoms with Crippen molar-refractivity contribution in [3.05, 3.63) is 42.4 Å². The Balaban J connectivity index is 1.92. The molecule has 4 nitrogen and oxygen atoms in total. The molecule has 0 saturated carbocycles. The molecule has 0 radical (unpaired) electrons. The second-order valence-corrected chi connectivity index (χ2v) is 4.36. The number of hydrogen-bond donors (Lipinski definition) is 1. The van der Waals surface area contributed by atoms with Gasteiger partial charge in [-0.25, -0.2) is 4.98 Å².